The number of nitrogens with one attached hydrogen (secondary N) is 1. The first-order valence-corrected chi connectivity index (χ1v) is 12.2. The lowest BCUT2D eigenvalue weighted by molar-refractivity contribution is -0.0923. The summed E-state index contributed by atoms with van der Waals surface area (Å²) in [5.74, 6) is 0.549. The van der Waals surface area contributed by atoms with Gasteiger partial charge in [-0.05, 0) is 36.4 Å². The summed E-state index contributed by atoms with van der Waals surface area (Å²) in [6, 6.07) is 9.64. The van der Waals surface area contributed by atoms with Crippen LogP contribution >= 0.6 is 0 Å². The molecule has 2 aliphatic rings. The second kappa shape index (κ2) is 9.34. The van der Waals surface area contributed by atoms with E-state index in [-0.39, 0.29) is 30.2 Å². The number of halogens is 1. The molecule has 0 radical (unpaired) electrons. The smallest absolute Gasteiger partial charge is 0.252 e. The van der Waals surface area contributed by atoms with Crippen LogP contribution in [0.3, 0.4) is 0 Å². The van der Waals surface area contributed by atoms with Crippen molar-refractivity contribution in [2.45, 2.75) is 17.5 Å². The van der Waals surface area contributed by atoms with E-state index in [2.05, 4.69) is 4.98 Å². The highest BCUT2D eigenvalue weighted by Gasteiger charge is 2.30. The standard InChI is InChI=1S/C23H23FN2O7S/c24-17-1-3-19(4-2-17)34(28,29)26(13-18-14-30-5-6-31-18)12-16-9-15-10-21-22(33-8-7-32-21)11-20(15)25-23(16)27/h1-4,9-11,18H,5-8,12-14H2,(H,25,27)/t18-/m0/s1. The summed E-state index contributed by atoms with van der Waals surface area (Å²) in [7, 11) is -4.07. The average Bonchev–Trinajstić information content (AvgIpc) is 2.84. The molecule has 3 heterocycles. The van der Waals surface area contributed by atoms with Gasteiger partial charge in [0.2, 0.25) is 10.0 Å². The third-order valence-corrected chi connectivity index (χ3v) is 7.50. The van der Waals surface area contributed by atoms with Crippen LogP contribution in [0.5, 0.6) is 11.5 Å². The van der Waals surface area contributed by atoms with Crippen molar-refractivity contribution >= 4 is 20.9 Å². The minimum absolute atomic E-state index is 0.0294. The zero-order valence-electron chi connectivity index (χ0n) is 18.2. The molecule has 1 atom stereocenters. The van der Waals surface area contributed by atoms with Crippen molar-refractivity contribution < 1.29 is 31.8 Å². The molecule has 0 saturated carbocycles. The van der Waals surface area contributed by atoms with Gasteiger partial charge in [-0.25, -0.2) is 12.8 Å². The molecule has 1 saturated heterocycles. The van der Waals surface area contributed by atoms with Gasteiger partial charge in [0.1, 0.15) is 19.0 Å². The SMILES string of the molecule is O=c1[nH]c2cc3c(cc2cc1CN(C[C@H]1COCCO1)S(=O)(=O)c1ccc(F)cc1)OCCO3. The fraction of sp³-hybridized carbons (Fsp3) is 0.348. The molecule has 9 nitrogen and oxygen atoms in total. The normalized spacial score (nSPS) is 18.4. The van der Waals surface area contributed by atoms with Crippen molar-refractivity contribution in [1.82, 2.24) is 9.29 Å². The van der Waals surface area contributed by atoms with Crippen molar-refractivity contribution in [2.24, 2.45) is 0 Å². The number of aromatic amines is 1. The minimum atomic E-state index is -4.07. The molecule has 1 N–H and O–H groups in total. The van der Waals surface area contributed by atoms with Gasteiger partial charge in [0, 0.05) is 30.1 Å². The second-order valence-corrected chi connectivity index (χ2v) is 9.96. The summed E-state index contributed by atoms with van der Waals surface area (Å²) in [6.45, 7) is 1.61. The number of sulfonamides is 1. The van der Waals surface area contributed by atoms with E-state index < -0.39 is 27.5 Å². The Morgan fingerprint density at radius 1 is 1.00 bits per heavy atom. The number of hydrogen-bond acceptors (Lipinski definition) is 7. The summed E-state index contributed by atoms with van der Waals surface area (Å²) < 4.78 is 63.7. The van der Waals surface area contributed by atoms with Crippen LogP contribution in [-0.4, -0.2) is 63.4 Å². The topological polar surface area (TPSA) is 107 Å². The molecule has 5 rings (SSSR count). The molecular weight excluding hydrogens is 467 g/mol. The van der Waals surface area contributed by atoms with Crippen LogP contribution in [0.25, 0.3) is 10.9 Å². The van der Waals surface area contributed by atoms with Gasteiger partial charge in [-0.15, -0.1) is 0 Å². The van der Waals surface area contributed by atoms with Gasteiger partial charge in [0.05, 0.1) is 36.3 Å². The molecule has 0 aliphatic carbocycles. The van der Waals surface area contributed by atoms with Crippen molar-refractivity contribution in [3.05, 3.63) is 64.2 Å². The van der Waals surface area contributed by atoms with E-state index in [4.69, 9.17) is 18.9 Å². The van der Waals surface area contributed by atoms with Gasteiger partial charge in [-0.1, -0.05) is 0 Å². The van der Waals surface area contributed by atoms with E-state index in [0.29, 0.717) is 48.8 Å². The molecule has 2 aromatic carbocycles. The first-order valence-electron chi connectivity index (χ1n) is 10.8. The predicted octanol–water partition coefficient (Wildman–Crippen LogP) is 2.04. The molecular formula is C23H23FN2O7S. The van der Waals surface area contributed by atoms with E-state index in [1.165, 1.54) is 12.1 Å². The lowest BCUT2D eigenvalue weighted by Gasteiger charge is -2.29. The lowest BCUT2D eigenvalue weighted by Crippen LogP contribution is -2.43. The van der Waals surface area contributed by atoms with Gasteiger partial charge < -0.3 is 23.9 Å². The van der Waals surface area contributed by atoms with Crippen LogP contribution in [0.4, 0.5) is 4.39 Å². The molecule has 1 aromatic heterocycles. The van der Waals surface area contributed by atoms with E-state index in [1.807, 2.05) is 0 Å². The monoisotopic (exact) mass is 490 g/mol. The Kier molecular flexibility index (Phi) is 6.26. The van der Waals surface area contributed by atoms with Gasteiger partial charge >= 0.3 is 0 Å². The number of aromatic nitrogens is 1. The summed E-state index contributed by atoms with van der Waals surface area (Å²) in [5.41, 5.74) is 0.367. The number of ether oxygens (including phenoxy) is 4. The average molecular weight is 491 g/mol. The number of hydrogen-bond donors (Lipinski definition) is 1. The third-order valence-electron chi connectivity index (χ3n) is 5.67. The van der Waals surface area contributed by atoms with Crippen molar-refractivity contribution in [2.75, 3.05) is 39.6 Å². The Bertz CT molecular complexity index is 1350. The van der Waals surface area contributed by atoms with E-state index in [0.717, 1.165) is 16.4 Å². The molecule has 11 heteroatoms. The van der Waals surface area contributed by atoms with E-state index in [9.17, 15) is 17.6 Å². The highest BCUT2D eigenvalue weighted by molar-refractivity contribution is 7.89. The van der Waals surface area contributed by atoms with Crippen LogP contribution in [0.2, 0.25) is 0 Å². The molecule has 3 aromatic rings. The lowest BCUT2D eigenvalue weighted by atomic mass is 10.1. The van der Waals surface area contributed by atoms with Crippen LogP contribution in [-0.2, 0) is 26.0 Å². The van der Waals surface area contributed by atoms with Crippen LogP contribution in [0.1, 0.15) is 5.56 Å². The number of pyridine rings is 1. The Hall–Kier alpha value is -2.99. The Balaban J connectivity index is 1.51. The third kappa shape index (κ3) is 4.64. The Labute approximate surface area is 195 Å². The molecule has 34 heavy (non-hydrogen) atoms. The summed E-state index contributed by atoms with van der Waals surface area (Å²) in [4.78, 5) is 15.6. The molecule has 2 aliphatic heterocycles. The number of nitrogens with zero attached hydrogens (tertiary/aromatic N) is 1. The predicted molar refractivity (Wildman–Crippen MR) is 120 cm³/mol. The first kappa shape index (κ1) is 22.8. The largest absolute Gasteiger partial charge is 0.486 e. The van der Waals surface area contributed by atoms with E-state index in [1.54, 1.807) is 18.2 Å². The van der Waals surface area contributed by atoms with Gasteiger partial charge in [-0.2, -0.15) is 4.31 Å². The number of H-pyrrole nitrogens is 1. The molecule has 1 fully saturated rings. The van der Waals surface area contributed by atoms with Crippen molar-refractivity contribution in [3.8, 4) is 11.5 Å². The van der Waals surface area contributed by atoms with Gasteiger partial charge in [0.25, 0.3) is 5.56 Å². The highest BCUT2D eigenvalue weighted by atomic mass is 32.2. The first-order chi connectivity index (χ1) is 16.4. The number of benzene rings is 2. The molecule has 0 spiro atoms. The minimum Gasteiger partial charge on any atom is -0.486 e. The maximum Gasteiger partial charge on any atom is 0.252 e. The summed E-state index contributed by atoms with van der Waals surface area (Å²) >= 11 is 0. The highest BCUT2D eigenvalue weighted by Crippen LogP contribution is 2.34. The number of rotatable bonds is 6. The van der Waals surface area contributed by atoms with Gasteiger partial charge in [0.15, 0.2) is 11.5 Å². The number of fused-ring (bicyclic) bond motifs is 2. The molecule has 0 bridgehead atoms. The zero-order valence-corrected chi connectivity index (χ0v) is 19.0. The van der Waals surface area contributed by atoms with Crippen LogP contribution < -0.4 is 15.0 Å². The Morgan fingerprint density at radius 2 is 1.74 bits per heavy atom. The van der Waals surface area contributed by atoms with Crippen molar-refractivity contribution in [1.29, 1.82) is 0 Å². The molecule has 0 unspecified atom stereocenters. The van der Waals surface area contributed by atoms with E-state index >= 15 is 0 Å². The second-order valence-electron chi connectivity index (χ2n) is 8.03. The Morgan fingerprint density at radius 3 is 2.44 bits per heavy atom. The summed E-state index contributed by atoms with van der Waals surface area (Å²) in [6.07, 6.45) is -0.499. The summed E-state index contributed by atoms with van der Waals surface area (Å²) in [5, 5.41) is 0.676. The maximum absolute atomic E-state index is 13.4. The van der Waals surface area contributed by atoms with Crippen molar-refractivity contribution in [3.63, 3.8) is 0 Å². The quantitative estimate of drug-likeness (QED) is 0.564. The fourth-order valence-corrected chi connectivity index (χ4v) is 5.42. The maximum atomic E-state index is 13.4. The van der Waals surface area contributed by atoms with Crippen LogP contribution in [0, 0.1) is 5.82 Å². The zero-order chi connectivity index (χ0) is 23.7. The van der Waals surface area contributed by atoms with Gasteiger partial charge in [-0.3, -0.25) is 4.79 Å². The molecule has 180 valence electrons. The van der Waals surface area contributed by atoms with Crippen LogP contribution in [0.15, 0.2) is 52.2 Å². The molecule has 0 amide bonds. The fourth-order valence-electron chi connectivity index (χ4n) is 3.97.